The van der Waals surface area contributed by atoms with Gasteiger partial charge >= 0.3 is 0 Å². The SMILES string of the molecule is Cc1ccc(CNC(=O)CC[C@@]2(C)C(=O)CC[C@@H]3[C@@H]2C(=O)C[C@]2(C)C(=O)CC[C@@H]32)cc1. The molecule has 0 heterocycles. The summed E-state index contributed by atoms with van der Waals surface area (Å²) in [7, 11) is 0. The number of carbonyl (C=O) groups excluding carboxylic acids is 4. The van der Waals surface area contributed by atoms with Gasteiger partial charge in [-0.25, -0.2) is 0 Å². The molecule has 1 N–H and O–H groups in total. The van der Waals surface area contributed by atoms with E-state index in [-0.39, 0.29) is 53.9 Å². The molecule has 0 aromatic heterocycles. The Morgan fingerprint density at radius 2 is 1.71 bits per heavy atom. The normalized spacial score (nSPS) is 34.9. The van der Waals surface area contributed by atoms with Gasteiger partial charge < -0.3 is 5.32 Å². The Morgan fingerprint density at radius 3 is 2.42 bits per heavy atom. The zero-order valence-corrected chi connectivity index (χ0v) is 18.8. The average Bonchev–Trinajstić information content (AvgIpc) is 3.03. The van der Waals surface area contributed by atoms with E-state index in [9.17, 15) is 19.2 Å². The highest BCUT2D eigenvalue weighted by Gasteiger charge is 2.62. The number of amides is 1. The minimum absolute atomic E-state index is 0.0506. The molecule has 1 aromatic carbocycles. The van der Waals surface area contributed by atoms with Crippen LogP contribution in [-0.4, -0.2) is 23.3 Å². The first-order valence-corrected chi connectivity index (χ1v) is 11.6. The maximum Gasteiger partial charge on any atom is 0.220 e. The van der Waals surface area contributed by atoms with Crippen LogP contribution in [0.3, 0.4) is 0 Å². The lowest BCUT2D eigenvalue weighted by Gasteiger charge is -2.52. The van der Waals surface area contributed by atoms with Crippen molar-refractivity contribution in [3.8, 4) is 0 Å². The van der Waals surface area contributed by atoms with Crippen molar-refractivity contribution in [2.75, 3.05) is 0 Å². The lowest BCUT2D eigenvalue weighted by molar-refractivity contribution is -0.160. The molecular formula is C26H33NO4. The van der Waals surface area contributed by atoms with Crippen molar-refractivity contribution in [3.63, 3.8) is 0 Å². The molecule has 31 heavy (non-hydrogen) atoms. The summed E-state index contributed by atoms with van der Waals surface area (Å²) < 4.78 is 0. The van der Waals surface area contributed by atoms with Crippen LogP contribution >= 0.6 is 0 Å². The summed E-state index contributed by atoms with van der Waals surface area (Å²) >= 11 is 0. The van der Waals surface area contributed by atoms with Crippen molar-refractivity contribution in [2.24, 2.45) is 28.6 Å². The van der Waals surface area contributed by atoms with Crippen LogP contribution in [0.5, 0.6) is 0 Å². The summed E-state index contributed by atoms with van der Waals surface area (Å²) in [6, 6.07) is 8.01. The van der Waals surface area contributed by atoms with Gasteiger partial charge in [0.15, 0.2) is 0 Å². The average molecular weight is 424 g/mol. The summed E-state index contributed by atoms with van der Waals surface area (Å²) in [4.78, 5) is 51.4. The van der Waals surface area contributed by atoms with E-state index in [0.29, 0.717) is 32.2 Å². The summed E-state index contributed by atoms with van der Waals surface area (Å²) in [5, 5.41) is 2.94. The highest BCUT2D eigenvalue weighted by Crippen LogP contribution is 2.60. The van der Waals surface area contributed by atoms with E-state index in [4.69, 9.17) is 0 Å². The summed E-state index contributed by atoms with van der Waals surface area (Å²) in [6.45, 7) is 6.32. The summed E-state index contributed by atoms with van der Waals surface area (Å²) in [5.74, 6) is 0.166. The second kappa shape index (κ2) is 7.99. The fourth-order valence-corrected chi connectivity index (χ4v) is 6.57. The van der Waals surface area contributed by atoms with Gasteiger partial charge in [0.1, 0.15) is 17.3 Å². The Morgan fingerprint density at radius 1 is 1.03 bits per heavy atom. The first-order valence-electron chi connectivity index (χ1n) is 11.6. The quantitative estimate of drug-likeness (QED) is 0.778. The van der Waals surface area contributed by atoms with Crippen molar-refractivity contribution < 1.29 is 19.2 Å². The number of ketones is 3. The number of aryl methyl sites for hydroxylation is 1. The molecule has 0 bridgehead atoms. The van der Waals surface area contributed by atoms with Gasteiger partial charge in [-0.3, -0.25) is 19.2 Å². The Kier molecular flexibility index (Phi) is 5.65. The fraction of sp³-hybridized carbons (Fsp3) is 0.615. The molecule has 1 amide bonds. The second-order valence-corrected chi connectivity index (χ2v) is 10.4. The number of fused-ring (bicyclic) bond motifs is 3. The molecule has 4 rings (SSSR count). The smallest absolute Gasteiger partial charge is 0.220 e. The third-order valence-electron chi connectivity index (χ3n) is 8.48. The highest BCUT2D eigenvalue weighted by atomic mass is 16.2. The third-order valence-corrected chi connectivity index (χ3v) is 8.48. The molecule has 0 unspecified atom stereocenters. The molecule has 0 saturated heterocycles. The van der Waals surface area contributed by atoms with Crippen LogP contribution in [0.4, 0.5) is 0 Å². The molecular weight excluding hydrogens is 390 g/mol. The van der Waals surface area contributed by atoms with Gasteiger partial charge in [0.25, 0.3) is 0 Å². The molecule has 5 nitrogen and oxygen atoms in total. The second-order valence-electron chi connectivity index (χ2n) is 10.4. The van der Waals surface area contributed by atoms with Crippen molar-refractivity contribution in [2.45, 2.75) is 72.3 Å². The molecule has 5 atom stereocenters. The maximum atomic E-state index is 13.3. The van der Waals surface area contributed by atoms with Crippen LogP contribution in [0, 0.1) is 35.5 Å². The van der Waals surface area contributed by atoms with E-state index in [0.717, 1.165) is 12.0 Å². The Balaban J connectivity index is 1.44. The molecule has 0 radical (unpaired) electrons. The number of hydrogen-bond donors (Lipinski definition) is 1. The van der Waals surface area contributed by atoms with Gasteiger partial charge in [0.05, 0.1) is 0 Å². The third kappa shape index (κ3) is 3.77. The minimum atomic E-state index is -0.811. The van der Waals surface area contributed by atoms with E-state index in [1.54, 1.807) is 0 Å². The molecule has 0 spiro atoms. The van der Waals surface area contributed by atoms with Gasteiger partial charge in [0.2, 0.25) is 5.91 Å². The van der Waals surface area contributed by atoms with E-state index in [2.05, 4.69) is 5.32 Å². The van der Waals surface area contributed by atoms with E-state index in [1.807, 2.05) is 45.0 Å². The van der Waals surface area contributed by atoms with Crippen molar-refractivity contribution in [1.29, 1.82) is 0 Å². The zero-order chi connectivity index (χ0) is 22.4. The van der Waals surface area contributed by atoms with E-state index in [1.165, 1.54) is 5.56 Å². The number of hydrogen-bond acceptors (Lipinski definition) is 4. The number of nitrogens with one attached hydrogen (secondary N) is 1. The van der Waals surface area contributed by atoms with Gasteiger partial charge in [-0.15, -0.1) is 0 Å². The largest absolute Gasteiger partial charge is 0.352 e. The van der Waals surface area contributed by atoms with E-state index < -0.39 is 10.8 Å². The molecule has 5 heteroatoms. The predicted octanol–water partition coefficient (Wildman–Crippen LogP) is 3.95. The zero-order valence-electron chi connectivity index (χ0n) is 18.8. The first kappa shape index (κ1) is 21.9. The lowest BCUT2D eigenvalue weighted by Crippen LogP contribution is -2.56. The molecule has 3 aliphatic carbocycles. The Bertz CT molecular complexity index is 920. The molecule has 1 aromatic rings. The van der Waals surface area contributed by atoms with Crippen LogP contribution in [0.25, 0.3) is 0 Å². The summed E-state index contributed by atoms with van der Waals surface area (Å²) in [5.41, 5.74) is 0.844. The number of benzene rings is 1. The van der Waals surface area contributed by atoms with Crippen molar-refractivity contribution in [1.82, 2.24) is 5.32 Å². The number of carbonyl (C=O) groups is 4. The number of rotatable bonds is 5. The molecule has 166 valence electrons. The van der Waals surface area contributed by atoms with Crippen LogP contribution in [0.2, 0.25) is 0 Å². The fourth-order valence-electron chi connectivity index (χ4n) is 6.57. The van der Waals surface area contributed by atoms with Gasteiger partial charge in [-0.05, 0) is 43.6 Å². The number of Topliss-reactive ketones (excluding diaryl/α,β-unsaturated/α-hetero) is 3. The molecule has 3 fully saturated rings. The van der Waals surface area contributed by atoms with Gasteiger partial charge in [-0.1, -0.05) is 43.7 Å². The Hall–Kier alpha value is -2.30. The first-order chi connectivity index (χ1) is 14.6. The molecule has 3 aliphatic rings. The lowest BCUT2D eigenvalue weighted by atomic mass is 9.48. The summed E-state index contributed by atoms with van der Waals surface area (Å²) in [6.07, 6.45) is 3.37. The highest BCUT2D eigenvalue weighted by molar-refractivity contribution is 5.99. The maximum absolute atomic E-state index is 13.3. The van der Waals surface area contributed by atoms with E-state index >= 15 is 0 Å². The van der Waals surface area contributed by atoms with Crippen molar-refractivity contribution in [3.05, 3.63) is 35.4 Å². The Labute approximate surface area is 184 Å². The molecule has 3 saturated carbocycles. The van der Waals surface area contributed by atoms with Crippen LogP contribution in [-0.2, 0) is 25.7 Å². The van der Waals surface area contributed by atoms with Crippen LogP contribution in [0.15, 0.2) is 24.3 Å². The van der Waals surface area contributed by atoms with Crippen LogP contribution in [0.1, 0.15) is 69.9 Å². The monoisotopic (exact) mass is 423 g/mol. The predicted molar refractivity (Wildman–Crippen MR) is 117 cm³/mol. The minimum Gasteiger partial charge on any atom is -0.352 e. The van der Waals surface area contributed by atoms with Crippen LogP contribution < -0.4 is 5.32 Å². The standard InChI is InChI=1S/C26H33NO4/c1-16-4-6-17(7-5-16)15-27-23(31)12-13-25(2)21(29)10-8-18-19-9-11-22(30)26(19,3)14-20(28)24(18)25/h4-7,18-19,24H,8-15H2,1-3H3,(H,27,31)/t18-,19-,24+,25-,26-/m0/s1. The van der Waals surface area contributed by atoms with Gasteiger partial charge in [0, 0.05) is 49.0 Å². The molecule has 0 aliphatic heterocycles. The van der Waals surface area contributed by atoms with Gasteiger partial charge in [-0.2, -0.15) is 0 Å². The topological polar surface area (TPSA) is 80.3 Å². The van der Waals surface area contributed by atoms with Crippen molar-refractivity contribution >= 4 is 23.3 Å².